The predicted octanol–water partition coefficient (Wildman–Crippen LogP) is 3.38. The number of hydrogen-bond acceptors (Lipinski definition) is 6. The molecule has 0 aliphatic rings. The molecule has 0 aliphatic carbocycles. The van der Waals surface area contributed by atoms with Gasteiger partial charge >= 0.3 is 0 Å². The number of ether oxygens (including phenoxy) is 2. The minimum Gasteiger partial charge on any atom is -0.495 e. The second-order valence-corrected chi connectivity index (χ2v) is 7.47. The van der Waals surface area contributed by atoms with E-state index in [1.54, 1.807) is 48.8 Å². The number of anilines is 2. The first-order valence-corrected chi connectivity index (χ1v) is 10.1. The lowest BCUT2D eigenvalue weighted by atomic mass is 10.3. The summed E-state index contributed by atoms with van der Waals surface area (Å²) in [5.41, 5.74) is 1.26. The molecular formula is C20H21N3O4S. The highest BCUT2D eigenvalue weighted by atomic mass is 32.2. The number of nitrogens with zero attached hydrogens (tertiary/aromatic N) is 1. The molecule has 28 heavy (non-hydrogen) atoms. The Bertz CT molecular complexity index is 996. The zero-order chi connectivity index (χ0) is 19.8. The highest BCUT2D eigenvalue weighted by Crippen LogP contribution is 2.31. The van der Waals surface area contributed by atoms with Gasteiger partial charge in [-0.1, -0.05) is 18.2 Å². The molecule has 2 N–H and O–H groups in total. The van der Waals surface area contributed by atoms with Crippen molar-refractivity contribution >= 4 is 21.4 Å². The van der Waals surface area contributed by atoms with Crippen LogP contribution in [0.25, 0.3) is 0 Å². The molecule has 0 amide bonds. The topological polar surface area (TPSA) is 89.6 Å². The fourth-order valence-electron chi connectivity index (χ4n) is 2.49. The summed E-state index contributed by atoms with van der Waals surface area (Å²) in [5.74, 6) is 0.935. The molecule has 0 bridgehead atoms. The van der Waals surface area contributed by atoms with Gasteiger partial charge in [-0.2, -0.15) is 0 Å². The van der Waals surface area contributed by atoms with Gasteiger partial charge in [0.25, 0.3) is 10.0 Å². The van der Waals surface area contributed by atoms with Crippen molar-refractivity contribution in [2.45, 2.75) is 4.90 Å². The van der Waals surface area contributed by atoms with E-state index in [4.69, 9.17) is 9.47 Å². The van der Waals surface area contributed by atoms with Gasteiger partial charge in [-0.15, -0.1) is 0 Å². The van der Waals surface area contributed by atoms with E-state index >= 15 is 0 Å². The van der Waals surface area contributed by atoms with Crippen molar-refractivity contribution in [2.24, 2.45) is 0 Å². The average molecular weight is 399 g/mol. The zero-order valence-electron chi connectivity index (χ0n) is 15.3. The minimum atomic E-state index is -3.73. The molecule has 1 heterocycles. The maximum atomic E-state index is 12.6. The van der Waals surface area contributed by atoms with Crippen LogP contribution < -0.4 is 19.5 Å². The Morgan fingerprint density at radius 2 is 1.75 bits per heavy atom. The van der Waals surface area contributed by atoms with E-state index in [1.807, 2.05) is 12.1 Å². The first kappa shape index (κ1) is 19.5. The normalized spacial score (nSPS) is 10.9. The van der Waals surface area contributed by atoms with E-state index in [9.17, 15) is 8.42 Å². The Labute approximate surface area is 164 Å². The second-order valence-electron chi connectivity index (χ2n) is 5.79. The molecule has 0 saturated carbocycles. The molecule has 0 radical (unpaired) electrons. The summed E-state index contributed by atoms with van der Waals surface area (Å²) < 4.78 is 38.7. The molecule has 8 heteroatoms. The van der Waals surface area contributed by atoms with Crippen molar-refractivity contribution in [1.82, 2.24) is 4.98 Å². The summed E-state index contributed by atoms with van der Waals surface area (Å²) >= 11 is 0. The molecule has 1 aromatic heterocycles. The molecule has 0 unspecified atom stereocenters. The van der Waals surface area contributed by atoms with Crippen LogP contribution >= 0.6 is 0 Å². The van der Waals surface area contributed by atoms with Crippen LogP contribution in [0.1, 0.15) is 0 Å². The lowest BCUT2D eigenvalue weighted by molar-refractivity contribution is 0.332. The number of sulfonamides is 1. The van der Waals surface area contributed by atoms with Crippen molar-refractivity contribution in [3.63, 3.8) is 0 Å². The van der Waals surface area contributed by atoms with Crippen LogP contribution in [-0.2, 0) is 10.0 Å². The van der Waals surface area contributed by atoms with Gasteiger partial charge in [0.05, 0.1) is 17.7 Å². The van der Waals surface area contributed by atoms with E-state index in [2.05, 4.69) is 15.0 Å². The molecule has 7 nitrogen and oxygen atoms in total. The lowest BCUT2D eigenvalue weighted by Crippen LogP contribution is -2.14. The third kappa shape index (κ3) is 5.14. The van der Waals surface area contributed by atoms with Gasteiger partial charge in [0, 0.05) is 30.7 Å². The number of hydrogen-bond donors (Lipinski definition) is 2. The Morgan fingerprint density at radius 1 is 1.00 bits per heavy atom. The summed E-state index contributed by atoms with van der Waals surface area (Å²) in [5, 5.41) is 3.21. The second kappa shape index (κ2) is 9.09. The van der Waals surface area contributed by atoms with Crippen molar-refractivity contribution < 1.29 is 17.9 Å². The van der Waals surface area contributed by atoms with Crippen molar-refractivity contribution in [3.05, 3.63) is 73.1 Å². The molecule has 0 fully saturated rings. The Hall–Kier alpha value is -3.26. The van der Waals surface area contributed by atoms with Gasteiger partial charge in [-0.05, 0) is 36.4 Å². The third-order valence-electron chi connectivity index (χ3n) is 3.85. The molecule has 3 rings (SSSR count). The number of nitrogens with one attached hydrogen (secondary N) is 2. The average Bonchev–Trinajstić information content (AvgIpc) is 2.72. The van der Waals surface area contributed by atoms with Crippen LogP contribution in [0.3, 0.4) is 0 Å². The highest BCUT2D eigenvalue weighted by Gasteiger charge is 2.16. The number of benzene rings is 2. The van der Waals surface area contributed by atoms with Crippen LogP contribution in [0, 0.1) is 0 Å². The SMILES string of the molecule is COc1ccc(OCCNc2ccncc2)cc1NS(=O)(=O)c1ccccc1. The smallest absolute Gasteiger partial charge is 0.262 e. The Kier molecular flexibility index (Phi) is 6.33. The van der Waals surface area contributed by atoms with Crippen molar-refractivity contribution in [2.75, 3.05) is 30.3 Å². The van der Waals surface area contributed by atoms with E-state index in [1.165, 1.54) is 19.2 Å². The van der Waals surface area contributed by atoms with Crippen LogP contribution in [0.5, 0.6) is 11.5 Å². The molecule has 3 aromatic rings. The van der Waals surface area contributed by atoms with Crippen LogP contribution in [-0.4, -0.2) is 33.7 Å². The number of rotatable bonds is 9. The molecule has 0 spiro atoms. The Morgan fingerprint density at radius 3 is 2.46 bits per heavy atom. The molecule has 146 valence electrons. The molecular weight excluding hydrogens is 378 g/mol. The molecule has 0 saturated heterocycles. The van der Waals surface area contributed by atoms with Crippen LogP contribution in [0.2, 0.25) is 0 Å². The van der Waals surface area contributed by atoms with E-state index in [0.717, 1.165) is 5.69 Å². The maximum absolute atomic E-state index is 12.6. The summed E-state index contributed by atoms with van der Waals surface area (Å²) in [6, 6.07) is 16.9. The molecule has 0 atom stereocenters. The quantitative estimate of drug-likeness (QED) is 0.536. The fraction of sp³-hybridized carbons (Fsp3) is 0.150. The van der Waals surface area contributed by atoms with Gasteiger partial charge < -0.3 is 14.8 Å². The van der Waals surface area contributed by atoms with E-state index in [0.29, 0.717) is 30.3 Å². The first-order chi connectivity index (χ1) is 13.6. The zero-order valence-corrected chi connectivity index (χ0v) is 16.1. The number of aromatic nitrogens is 1. The standard InChI is InChI=1S/C20H21N3O4S/c1-26-20-8-7-17(27-14-13-22-16-9-11-21-12-10-16)15-19(20)23-28(24,25)18-5-3-2-4-6-18/h2-12,15,23H,13-14H2,1H3,(H,21,22). The lowest BCUT2D eigenvalue weighted by Gasteiger charge is -2.14. The largest absolute Gasteiger partial charge is 0.495 e. The van der Waals surface area contributed by atoms with Gasteiger partial charge in [0.2, 0.25) is 0 Å². The Balaban J connectivity index is 1.66. The van der Waals surface area contributed by atoms with E-state index < -0.39 is 10.0 Å². The summed E-state index contributed by atoms with van der Waals surface area (Å²) in [6.07, 6.45) is 3.41. The predicted molar refractivity (Wildman–Crippen MR) is 108 cm³/mol. The number of methoxy groups -OCH3 is 1. The monoisotopic (exact) mass is 399 g/mol. The minimum absolute atomic E-state index is 0.171. The maximum Gasteiger partial charge on any atom is 0.262 e. The highest BCUT2D eigenvalue weighted by molar-refractivity contribution is 7.92. The third-order valence-corrected chi connectivity index (χ3v) is 5.23. The summed E-state index contributed by atoms with van der Waals surface area (Å²) in [6.45, 7) is 0.987. The van der Waals surface area contributed by atoms with Gasteiger partial charge in [0.15, 0.2) is 0 Å². The van der Waals surface area contributed by atoms with Crippen molar-refractivity contribution in [3.8, 4) is 11.5 Å². The van der Waals surface area contributed by atoms with Crippen molar-refractivity contribution in [1.29, 1.82) is 0 Å². The van der Waals surface area contributed by atoms with Crippen LogP contribution in [0.4, 0.5) is 11.4 Å². The first-order valence-electron chi connectivity index (χ1n) is 8.61. The van der Waals surface area contributed by atoms with E-state index in [-0.39, 0.29) is 4.90 Å². The van der Waals surface area contributed by atoms with Gasteiger partial charge in [0.1, 0.15) is 18.1 Å². The number of pyridine rings is 1. The summed E-state index contributed by atoms with van der Waals surface area (Å²) in [4.78, 5) is 4.13. The van der Waals surface area contributed by atoms with Gasteiger partial charge in [-0.25, -0.2) is 8.42 Å². The summed E-state index contributed by atoms with van der Waals surface area (Å²) in [7, 11) is -2.25. The van der Waals surface area contributed by atoms with Crippen LogP contribution in [0.15, 0.2) is 78.0 Å². The fourth-order valence-corrected chi connectivity index (χ4v) is 3.58. The van der Waals surface area contributed by atoms with Gasteiger partial charge in [-0.3, -0.25) is 9.71 Å². The molecule has 2 aromatic carbocycles. The molecule has 0 aliphatic heterocycles.